The maximum absolute atomic E-state index is 12.0. The highest BCUT2D eigenvalue weighted by Crippen LogP contribution is 2.23. The second kappa shape index (κ2) is 8.18. The van der Waals surface area contributed by atoms with Crippen molar-refractivity contribution >= 4 is 11.8 Å². The molecular formula is C15H28N2O2. The van der Waals surface area contributed by atoms with E-state index in [4.69, 9.17) is 0 Å². The summed E-state index contributed by atoms with van der Waals surface area (Å²) in [4.78, 5) is 25.3. The summed E-state index contributed by atoms with van der Waals surface area (Å²) in [5, 5.41) is 2.98. The third-order valence-electron chi connectivity index (χ3n) is 4.16. The molecule has 0 saturated heterocycles. The van der Waals surface area contributed by atoms with E-state index in [-0.39, 0.29) is 23.8 Å². The molecule has 4 nitrogen and oxygen atoms in total. The zero-order chi connectivity index (χ0) is 14.3. The van der Waals surface area contributed by atoms with Gasteiger partial charge in [0.2, 0.25) is 11.8 Å². The van der Waals surface area contributed by atoms with E-state index >= 15 is 0 Å². The topological polar surface area (TPSA) is 49.4 Å². The minimum atomic E-state index is 0.0845. The molecule has 0 aromatic rings. The van der Waals surface area contributed by atoms with Gasteiger partial charge >= 0.3 is 0 Å². The van der Waals surface area contributed by atoms with Crippen molar-refractivity contribution in [3.8, 4) is 0 Å². The third-order valence-corrected chi connectivity index (χ3v) is 4.16. The number of nitrogens with one attached hydrogen (secondary N) is 1. The highest BCUT2D eigenvalue weighted by Gasteiger charge is 2.21. The van der Waals surface area contributed by atoms with Gasteiger partial charge in [-0.2, -0.15) is 0 Å². The predicted molar refractivity (Wildman–Crippen MR) is 76.7 cm³/mol. The van der Waals surface area contributed by atoms with Gasteiger partial charge in [-0.15, -0.1) is 0 Å². The van der Waals surface area contributed by atoms with E-state index in [1.165, 1.54) is 19.3 Å². The van der Waals surface area contributed by atoms with Crippen LogP contribution in [0.2, 0.25) is 0 Å². The molecule has 19 heavy (non-hydrogen) atoms. The van der Waals surface area contributed by atoms with Gasteiger partial charge in [-0.3, -0.25) is 9.59 Å². The Bertz CT molecular complexity index is 299. The van der Waals surface area contributed by atoms with Crippen molar-refractivity contribution in [2.45, 2.75) is 65.3 Å². The SMILES string of the molecule is CCC(C)N(CCNC(=O)C1CCCCC1)C(C)=O. The number of rotatable bonds is 6. The first-order valence-electron chi connectivity index (χ1n) is 7.61. The summed E-state index contributed by atoms with van der Waals surface area (Å²) in [5.74, 6) is 0.455. The molecule has 0 spiro atoms. The lowest BCUT2D eigenvalue weighted by atomic mass is 9.89. The minimum absolute atomic E-state index is 0.0845. The quantitative estimate of drug-likeness (QED) is 0.804. The Morgan fingerprint density at radius 1 is 1.26 bits per heavy atom. The van der Waals surface area contributed by atoms with Crippen LogP contribution in [0.15, 0.2) is 0 Å². The molecule has 1 unspecified atom stereocenters. The fourth-order valence-corrected chi connectivity index (χ4v) is 2.72. The van der Waals surface area contributed by atoms with E-state index in [0.717, 1.165) is 19.3 Å². The highest BCUT2D eigenvalue weighted by molar-refractivity contribution is 5.78. The summed E-state index contributed by atoms with van der Waals surface area (Å²) in [6, 6.07) is 0.240. The Balaban J connectivity index is 2.30. The summed E-state index contributed by atoms with van der Waals surface area (Å²) in [7, 11) is 0. The average molecular weight is 268 g/mol. The van der Waals surface area contributed by atoms with Gasteiger partial charge in [-0.25, -0.2) is 0 Å². The molecule has 0 radical (unpaired) electrons. The van der Waals surface area contributed by atoms with Crippen molar-refractivity contribution in [1.82, 2.24) is 10.2 Å². The summed E-state index contributed by atoms with van der Waals surface area (Å²) in [6.45, 7) is 6.89. The smallest absolute Gasteiger partial charge is 0.223 e. The molecule has 1 rings (SSSR count). The van der Waals surface area contributed by atoms with Gasteiger partial charge in [0, 0.05) is 32.0 Å². The molecule has 1 N–H and O–H groups in total. The highest BCUT2D eigenvalue weighted by atomic mass is 16.2. The molecule has 110 valence electrons. The number of nitrogens with zero attached hydrogens (tertiary/aromatic N) is 1. The van der Waals surface area contributed by atoms with Crippen molar-refractivity contribution in [2.24, 2.45) is 5.92 Å². The molecule has 2 amide bonds. The normalized spacial score (nSPS) is 17.8. The second-order valence-corrected chi connectivity index (χ2v) is 5.60. The zero-order valence-corrected chi connectivity index (χ0v) is 12.6. The Morgan fingerprint density at radius 2 is 1.89 bits per heavy atom. The lowest BCUT2D eigenvalue weighted by Gasteiger charge is -2.28. The monoisotopic (exact) mass is 268 g/mol. The molecule has 0 aromatic carbocycles. The van der Waals surface area contributed by atoms with E-state index in [0.29, 0.717) is 13.1 Å². The number of carbonyl (C=O) groups is 2. The molecule has 1 saturated carbocycles. The van der Waals surface area contributed by atoms with Crippen molar-refractivity contribution < 1.29 is 9.59 Å². The van der Waals surface area contributed by atoms with Crippen molar-refractivity contribution in [1.29, 1.82) is 0 Å². The fourth-order valence-electron chi connectivity index (χ4n) is 2.72. The van der Waals surface area contributed by atoms with Crippen LogP contribution in [-0.2, 0) is 9.59 Å². The second-order valence-electron chi connectivity index (χ2n) is 5.60. The van der Waals surface area contributed by atoms with Gasteiger partial charge in [-0.05, 0) is 26.2 Å². The van der Waals surface area contributed by atoms with Crippen LogP contribution in [0.4, 0.5) is 0 Å². The molecule has 1 aliphatic rings. The zero-order valence-electron chi connectivity index (χ0n) is 12.6. The van der Waals surface area contributed by atoms with Crippen molar-refractivity contribution in [2.75, 3.05) is 13.1 Å². The summed E-state index contributed by atoms with van der Waals surface area (Å²) >= 11 is 0. The largest absolute Gasteiger partial charge is 0.354 e. The van der Waals surface area contributed by atoms with Crippen LogP contribution < -0.4 is 5.32 Å². The molecular weight excluding hydrogens is 240 g/mol. The third kappa shape index (κ3) is 5.21. The molecule has 4 heteroatoms. The first kappa shape index (κ1) is 16.0. The lowest BCUT2D eigenvalue weighted by molar-refractivity contribution is -0.132. The van der Waals surface area contributed by atoms with Crippen LogP contribution in [0.25, 0.3) is 0 Å². The lowest BCUT2D eigenvalue weighted by Crippen LogP contribution is -2.43. The summed E-state index contributed by atoms with van der Waals surface area (Å²) in [6.07, 6.45) is 6.59. The van der Waals surface area contributed by atoms with E-state index in [9.17, 15) is 9.59 Å². The van der Waals surface area contributed by atoms with E-state index in [1.807, 2.05) is 11.8 Å². The molecule has 0 aromatic heterocycles. The van der Waals surface area contributed by atoms with Gasteiger partial charge < -0.3 is 10.2 Å². The Morgan fingerprint density at radius 3 is 2.42 bits per heavy atom. The van der Waals surface area contributed by atoms with Crippen LogP contribution in [0.3, 0.4) is 0 Å². The summed E-state index contributed by atoms with van der Waals surface area (Å²) in [5.41, 5.74) is 0. The predicted octanol–water partition coefficient (Wildman–Crippen LogP) is 2.33. The van der Waals surface area contributed by atoms with Gasteiger partial charge in [-0.1, -0.05) is 26.2 Å². The van der Waals surface area contributed by atoms with Gasteiger partial charge in [0.25, 0.3) is 0 Å². The van der Waals surface area contributed by atoms with Gasteiger partial charge in [0.1, 0.15) is 0 Å². The van der Waals surface area contributed by atoms with Crippen LogP contribution >= 0.6 is 0 Å². The number of carbonyl (C=O) groups excluding carboxylic acids is 2. The van der Waals surface area contributed by atoms with E-state index in [1.54, 1.807) is 6.92 Å². The van der Waals surface area contributed by atoms with Gasteiger partial charge in [0.05, 0.1) is 0 Å². The molecule has 0 aliphatic heterocycles. The number of amides is 2. The van der Waals surface area contributed by atoms with Gasteiger partial charge in [0.15, 0.2) is 0 Å². The molecule has 1 atom stereocenters. The average Bonchev–Trinajstić information content (AvgIpc) is 2.43. The Hall–Kier alpha value is -1.06. The van der Waals surface area contributed by atoms with Crippen LogP contribution in [0, 0.1) is 5.92 Å². The maximum Gasteiger partial charge on any atom is 0.223 e. The number of hydrogen-bond acceptors (Lipinski definition) is 2. The Kier molecular flexibility index (Phi) is 6.89. The van der Waals surface area contributed by atoms with Crippen LogP contribution in [-0.4, -0.2) is 35.8 Å². The van der Waals surface area contributed by atoms with Crippen LogP contribution in [0.1, 0.15) is 59.3 Å². The van der Waals surface area contributed by atoms with Crippen LogP contribution in [0.5, 0.6) is 0 Å². The maximum atomic E-state index is 12.0. The first-order chi connectivity index (χ1) is 9.06. The molecule has 1 fully saturated rings. The van der Waals surface area contributed by atoms with E-state index in [2.05, 4.69) is 12.2 Å². The van der Waals surface area contributed by atoms with Crippen molar-refractivity contribution in [3.05, 3.63) is 0 Å². The van der Waals surface area contributed by atoms with E-state index < -0.39 is 0 Å². The standard InChI is InChI=1S/C15H28N2O2/c1-4-12(2)17(13(3)18)11-10-16-15(19)14-8-6-5-7-9-14/h12,14H,4-11H2,1-3H3,(H,16,19). The fraction of sp³-hybridized carbons (Fsp3) is 0.867. The Labute approximate surface area is 116 Å². The molecule has 0 bridgehead atoms. The first-order valence-corrected chi connectivity index (χ1v) is 7.61. The number of hydrogen-bond donors (Lipinski definition) is 1. The molecule has 1 aliphatic carbocycles. The van der Waals surface area contributed by atoms with Crippen molar-refractivity contribution in [3.63, 3.8) is 0 Å². The molecule has 0 heterocycles. The summed E-state index contributed by atoms with van der Waals surface area (Å²) < 4.78 is 0. The minimum Gasteiger partial charge on any atom is -0.354 e.